The van der Waals surface area contributed by atoms with Gasteiger partial charge in [0.05, 0.1) is 12.9 Å². The Labute approximate surface area is 237 Å². The van der Waals surface area contributed by atoms with Gasteiger partial charge in [0.25, 0.3) is 11.8 Å². The minimum atomic E-state index is -0.466. The second kappa shape index (κ2) is 13.8. The zero-order valence-electron chi connectivity index (χ0n) is 22.1. The van der Waals surface area contributed by atoms with Crippen LogP contribution < -0.4 is 20.7 Å². The molecule has 7 nitrogen and oxygen atoms in total. The fourth-order valence-electron chi connectivity index (χ4n) is 3.73. The van der Waals surface area contributed by atoms with E-state index in [2.05, 4.69) is 16.0 Å². The first kappa shape index (κ1) is 28.2. The van der Waals surface area contributed by atoms with Gasteiger partial charge in [0.1, 0.15) is 11.4 Å². The first-order valence-electron chi connectivity index (χ1n) is 12.5. The summed E-state index contributed by atoms with van der Waals surface area (Å²) >= 11 is 1.35. The summed E-state index contributed by atoms with van der Waals surface area (Å²) in [6, 6.07) is 30.6. The Hall–Kier alpha value is -4.82. The summed E-state index contributed by atoms with van der Waals surface area (Å²) in [6.45, 7) is 1.94. The molecule has 0 aromatic heterocycles. The molecule has 8 heteroatoms. The SMILES string of the molecule is COc1ccc(NC(=O)CSc2cccc(NC(=O)/C(=C/c3ccccc3C)NC(=O)c3ccccc3)c2)cc1. The average Bonchev–Trinajstić information content (AvgIpc) is 2.98. The molecule has 0 spiro atoms. The summed E-state index contributed by atoms with van der Waals surface area (Å²) in [5.74, 6) is -0.108. The van der Waals surface area contributed by atoms with Crippen LogP contribution in [-0.4, -0.2) is 30.6 Å². The molecule has 3 amide bonds. The van der Waals surface area contributed by atoms with E-state index in [-0.39, 0.29) is 23.3 Å². The van der Waals surface area contributed by atoms with Crippen molar-refractivity contribution in [2.24, 2.45) is 0 Å². The maximum atomic E-state index is 13.3. The molecule has 0 unspecified atom stereocenters. The van der Waals surface area contributed by atoms with Gasteiger partial charge in [-0.05, 0) is 78.7 Å². The summed E-state index contributed by atoms with van der Waals surface area (Å²) in [7, 11) is 1.59. The van der Waals surface area contributed by atoms with Crippen LogP contribution in [-0.2, 0) is 9.59 Å². The fourth-order valence-corrected chi connectivity index (χ4v) is 4.48. The summed E-state index contributed by atoms with van der Waals surface area (Å²) in [5, 5.41) is 8.48. The molecule has 0 fully saturated rings. The molecule has 0 saturated carbocycles. The highest BCUT2D eigenvalue weighted by Crippen LogP contribution is 2.23. The van der Waals surface area contributed by atoms with Crippen molar-refractivity contribution in [3.63, 3.8) is 0 Å². The van der Waals surface area contributed by atoms with E-state index in [1.165, 1.54) is 11.8 Å². The number of methoxy groups -OCH3 is 1. The van der Waals surface area contributed by atoms with E-state index in [1.54, 1.807) is 79.9 Å². The Morgan fingerprint density at radius 2 is 1.52 bits per heavy atom. The van der Waals surface area contributed by atoms with Gasteiger partial charge >= 0.3 is 0 Å². The molecule has 4 aromatic carbocycles. The number of amides is 3. The zero-order valence-corrected chi connectivity index (χ0v) is 23.0. The van der Waals surface area contributed by atoms with Crippen molar-refractivity contribution in [2.45, 2.75) is 11.8 Å². The van der Waals surface area contributed by atoms with E-state index in [0.29, 0.717) is 22.7 Å². The molecule has 202 valence electrons. The monoisotopic (exact) mass is 551 g/mol. The number of thioether (sulfide) groups is 1. The second-order valence-corrected chi connectivity index (χ2v) is 9.83. The van der Waals surface area contributed by atoms with Crippen LogP contribution in [0.4, 0.5) is 11.4 Å². The predicted octanol–water partition coefficient (Wildman–Crippen LogP) is 6.14. The smallest absolute Gasteiger partial charge is 0.272 e. The largest absolute Gasteiger partial charge is 0.497 e. The molecule has 0 bridgehead atoms. The van der Waals surface area contributed by atoms with E-state index in [9.17, 15) is 14.4 Å². The average molecular weight is 552 g/mol. The maximum absolute atomic E-state index is 13.3. The summed E-state index contributed by atoms with van der Waals surface area (Å²) in [5.41, 5.74) is 3.55. The van der Waals surface area contributed by atoms with Crippen LogP contribution >= 0.6 is 11.8 Å². The third-order valence-corrected chi connectivity index (χ3v) is 6.85. The molecule has 0 heterocycles. The van der Waals surface area contributed by atoms with Crippen LogP contribution in [0.1, 0.15) is 21.5 Å². The van der Waals surface area contributed by atoms with E-state index in [0.717, 1.165) is 16.0 Å². The molecule has 3 N–H and O–H groups in total. The second-order valence-electron chi connectivity index (χ2n) is 8.78. The van der Waals surface area contributed by atoms with E-state index >= 15 is 0 Å². The Kier molecular flexibility index (Phi) is 9.74. The van der Waals surface area contributed by atoms with Gasteiger partial charge in [0.15, 0.2) is 0 Å². The third-order valence-electron chi connectivity index (χ3n) is 5.85. The van der Waals surface area contributed by atoms with Gasteiger partial charge in [-0.3, -0.25) is 14.4 Å². The van der Waals surface area contributed by atoms with E-state index in [4.69, 9.17) is 4.74 Å². The lowest BCUT2D eigenvalue weighted by Crippen LogP contribution is -2.30. The third kappa shape index (κ3) is 8.09. The number of carbonyl (C=O) groups excluding carboxylic acids is 3. The van der Waals surface area contributed by atoms with Gasteiger partial charge in [-0.1, -0.05) is 48.5 Å². The van der Waals surface area contributed by atoms with Gasteiger partial charge in [-0.15, -0.1) is 11.8 Å². The standard InChI is InChI=1S/C32H29N3O4S/c1-22-9-6-7-12-24(22)19-29(35-31(37)23-10-4-3-5-11-23)32(38)34-26-13-8-14-28(20-26)40-21-30(36)33-25-15-17-27(39-2)18-16-25/h3-20H,21H2,1-2H3,(H,33,36)(H,34,38)(H,35,37)/b29-19-. The number of carbonyl (C=O) groups is 3. The van der Waals surface area contributed by atoms with Gasteiger partial charge in [0.2, 0.25) is 5.91 Å². The van der Waals surface area contributed by atoms with E-state index in [1.807, 2.05) is 43.3 Å². The molecule has 4 rings (SSSR count). The number of hydrogen-bond donors (Lipinski definition) is 3. The molecule has 0 aliphatic rings. The van der Waals surface area contributed by atoms with Gasteiger partial charge < -0.3 is 20.7 Å². The van der Waals surface area contributed by atoms with Crippen molar-refractivity contribution >= 4 is 46.9 Å². The molecule has 0 aliphatic carbocycles. The van der Waals surface area contributed by atoms with Gasteiger partial charge in [-0.25, -0.2) is 0 Å². The lowest BCUT2D eigenvalue weighted by atomic mass is 10.1. The molecule has 0 radical (unpaired) electrons. The van der Waals surface area contributed by atoms with Crippen molar-refractivity contribution in [1.82, 2.24) is 5.32 Å². The molecule has 40 heavy (non-hydrogen) atoms. The minimum absolute atomic E-state index is 0.111. The highest BCUT2D eigenvalue weighted by atomic mass is 32.2. The Bertz CT molecular complexity index is 1520. The Morgan fingerprint density at radius 3 is 2.25 bits per heavy atom. The Balaban J connectivity index is 1.44. The summed E-state index contributed by atoms with van der Waals surface area (Å²) in [4.78, 5) is 39.5. The van der Waals surface area contributed by atoms with E-state index < -0.39 is 5.91 Å². The molecule has 4 aromatic rings. The highest BCUT2D eigenvalue weighted by molar-refractivity contribution is 8.00. The lowest BCUT2D eigenvalue weighted by Gasteiger charge is -2.13. The number of nitrogens with one attached hydrogen (secondary N) is 3. The van der Waals surface area contributed by atoms with Gasteiger partial charge in [0, 0.05) is 21.8 Å². The lowest BCUT2D eigenvalue weighted by molar-refractivity contribution is -0.114. The summed E-state index contributed by atoms with van der Waals surface area (Å²) < 4.78 is 5.14. The van der Waals surface area contributed by atoms with Gasteiger partial charge in [-0.2, -0.15) is 0 Å². The van der Waals surface area contributed by atoms with Crippen LogP contribution in [0.3, 0.4) is 0 Å². The minimum Gasteiger partial charge on any atom is -0.497 e. The van der Waals surface area contributed by atoms with Crippen molar-refractivity contribution in [1.29, 1.82) is 0 Å². The molecule has 0 saturated heterocycles. The number of ether oxygens (including phenoxy) is 1. The van der Waals surface area contributed by atoms with Crippen LogP contribution in [0.15, 0.2) is 114 Å². The fraction of sp³-hybridized carbons (Fsp3) is 0.0938. The topological polar surface area (TPSA) is 96.5 Å². The molecule has 0 atom stereocenters. The molecule has 0 aliphatic heterocycles. The van der Waals surface area contributed by atoms with Crippen LogP contribution in [0.2, 0.25) is 0 Å². The zero-order chi connectivity index (χ0) is 28.3. The number of rotatable bonds is 10. The number of benzene rings is 4. The maximum Gasteiger partial charge on any atom is 0.272 e. The first-order valence-corrected chi connectivity index (χ1v) is 13.5. The normalized spacial score (nSPS) is 10.9. The number of aryl methyl sites for hydroxylation is 1. The van der Waals surface area contributed by atoms with Crippen LogP contribution in [0.25, 0.3) is 6.08 Å². The van der Waals surface area contributed by atoms with Crippen LogP contribution in [0, 0.1) is 6.92 Å². The van der Waals surface area contributed by atoms with Crippen molar-refractivity contribution < 1.29 is 19.1 Å². The van der Waals surface area contributed by atoms with Crippen molar-refractivity contribution in [3.05, 3.63) is 126 Å². The quantitative estimate of drug-likeness (QED) is 0.162. The number of anilines is 2. The van der Waals surface area contributed by atoms with Crippen LogP contribution in [0.5, 0.6) is 5.75 Å². The van der Waals surface area contributed by atoms with Crippen molar-refractivity contribution in [2.75, 3.05) is 23.5 Å². The molecular weight excluding hydrogens is 522 g/mol. The molecular formula is C32H29N3O4S. The first-order chi connectivity index (χ1) is 19.4. The predicted molar refractivity (Wildman–Crippen MR) is 160 cm³/mol. The highest BCUT2D eigenvalue weighted by Gasteiger charge is 2.16. The van der Waals surface area contributed by atoms with Crippen molar-refractivity contribution in [3.8, 4) is 5.75 Å². The summed E-state index contributed by atoms with van der Waals surface area (Å²) in [6.07, 6.45) is 1.66. The number of hydrogen-bond acceptors (Lipinski definition) is 5. The Morgan fingerprint density at radius 1 is 0.800 bits per heavy atom.